The topological polar surface area (TPSA) is 71.5 Å². The van der Waals surface area contributed by atoms with Crippen molar-refractivity contribution in [3.63, 3.8) is 0 Å². The molecule has 2 N–H and O–H groups in total. The first-order chi connectivity index (χ1) is 10.2. The maximum absolute atomic E-state index is 11.3. The number of carboxylic acids is 1. The average Bonchev–Trinajstić information content (AvgIpc) is 2.53. The van der Waals surface area contributed by atoms with Crippen LogP contribution in [0.5, 0.6) is 0 Å². The van der Waals surface area contributed by atoms with Crippen molar-refractivity contribution in [2.45, 2.75) is 12.1 Å². The third-order valence-corrected chi connectivity index (χ3v) is 3.17. The van der Waals surface area contributed by atoms with Crippen molar-refractivity contribution < 1.29 is 14.6 Å². The summed E-state index contributed by atoms with van der Waals surface area (Å²) in [5.41, 5.74) is 1.95. The van der Waals surface area contributed by atoms with Crippen molar-refractivity contribution in [3.05, 3.63) is 66.0 Å². The molecule has 0 aliphatic rings. The van der Waals surface area contributed by atoms with Gasteiger partial charge in [0.25, 0.3) is 0 Å². The van der Waals surface area contributed by atoms with E-state index in [2.05, 4.69) is 10.3 Å². The van der Waals surface area contributed by atoms with Crippen molar-refractivity contribution in [1.82, 2.24) is 10.3 Å². The summed E-state index contributed by atoms with van der Waals surface area (Å²) in [5, 5.41) is 12.4. The lowest BCUT2D eigenvalue weighted by atomic mass is 9.99. The minimum atomic E-state index is -0.938. The van der Waals surface area contributed by atoms with Crippen LogP contribution in [0.3, 0.4) is 0 Å². The number of rotatable bonds is 7. The highest BCUT2D eigenvalue weighted by Crippen LogP contribution is 2.22. The molecule has 1 aromatic carbocycles. The van der Waals surface area contributed by atoms with E-state index >= 15 is 0 Å². The second-order valence-corrected chi connectivity index (χ2v) is 4.64. The molecule has 0 spiro atoms. The largest absolute Gasteiger partial charge is 0.480 e. The quantitative estimate of drug-likeness (QED) is 0.813. The zero-order valence-corrected chi connectivity index (χ0v) is 11.8. The van der Waals surface area contributed by atoms with Crippen LogP contribution in [-0.4, -0.2) is 35.8 Å². The number of aliphatic carboxylic acids is 1. The molecule has 0 fully saturated rings. The Kier molecular flexibility index (Phi) is 5.43. The van der Waals surface area contributed by atoms with Gasteiger partial charge in [0.2, 0.25) is 0 Å². The summed E-state index contributed by atoms with van der Waals surface area (Å²) < 4.78 is 4.98. The molecule has 1 aromatic heterocycles. The number of nitrogens with one attached hydrogen (secondary N) is 1. The Morgan fingerprint density at radius 3 is 2.38 bits per heavy atom. The van der Waals surface area contributed by atoms with Gasteiger partial charge in [-0.05, 0) is 23.3 Å². The van der Waals surface area contributed by atoms with Crippen LogP contribution in [0.25, 0.3) is 0 Å². The third kappa shape index (κ3) is 4.11. The lowest BCUT2D eigenvalue weighted by Crippen LogP contribution is -2.42. The van der Waals surface area contributed by atoms with E-state index in [1.807, 2.05) is 42.5 Å². The van der Waals surface area contributed by atoms with Gasteiger partial charge in [-0.1, -0.05) is 30.3 Å². The minimum Gasteiger partial charge on any atom is -0.480 e. The van der Waals surface area contributed by atoms with Crippen molar-refractivity contribution >= 4 is 5.97 Å². The molecule has 2 rings (SSSR count). The number of hydrogen-bond donors (Lipinski definition) is 2. The Morgan fingerprint density at radius 1 is 1.19 bits per heavy atom. The van der Waals surface area contributed by atoms with E-state index in [0.717, 1.165) is 11.1 Å². The van der Waals surface area contributed by atoms with Crippen LogP contribution in [0.2, 0.25) is 0 Å². The number of methoxy groups -OCH3 is 1. The fourth-order valence-corrected chi connectivity index (χ4v) is 2.14. The Morgan fingerprint density at radius 2 is 1.81 bits per heavy atom. The molecule has 110 valence electrons. The van der Waals surface area contributed by atoms with Crippen molar-refractivity contribution in [1.29, 1.82) is 0 Å². The van der Waals surface area contributed by atoms with Crippen LogP contribution in [0.1, 0.15) is 17.2 Å². The minimum absolute atomic E-state index is 0.101. The zero-order chi connectivity index (χ0) is 15.1. The van der Waals surface area contributed by atoms with E-state index in [-0.39, 0.29) is 12.6 Å². The molecule has 0 saturated carbocycles. The van der Waals surface area contributed by atoms with E-state index in [0.29, 0.717) is 0 Å². The molecule has 2 atom stereocenters. The molecule has 5 heteroatoms. The second-order valence-electron chi connectivity index (χ2n) is 4.64. The molecule has 0 aliphatic heterocycles. The fraction of sp³-hybridized carbons (Fsp3) is 0.250. The van der Waals surface area contributed by atoms with E-state index < -0.39 is 12.0 Å². The molecular formula is C16H18N2O3. The summed E-state index contributed by atoms with van der Waals surface area (Å²) in [6, 6.07) is 12.4. The molecule has 0 radical (unpaired) electrons. The normalized spacial score (nSPS) is 13.6. The molecule has 2 aromatic rings. The van der Waals surface area contributed by atoms with Crippen LogP contribution in [0.4, 0.5) is 0 Å². The predicted octanol–water partition coefficient (Wildman–Crippen LogP) is 1.86. The molecular weight excluding hydrogens is 268 g/mol. The van der Waals surface area contributed by atoms with Gasteiger partial charge >= 0.3 is 5.97 Å². The monoisotopic (exact) mass is 286 g/mol. The van der Waals surface area contributed by atoms with Crippen LogP contribution >= 0.6 is 0 Å². The smallest absolute Gasteiger partial charge is 0.323 e. The third-order valence-electron chi connectivity index (χ3n) is 3.17. The molecule has 0 saturated heterocycles. The highest BCUT2D eigenvalue weighted by atomic mass is 16.5. The predicted molar refractivity (Wildman–Crippen MR) is 79.0 cm³/mol. The van der Waals surface area contributed by atoms with Gasteiger partial charge in [0.05, 0.1) is 12.6 Å². The molecule has 2 unspecified atom stereocenters. The molecule has 0 bridgehead atoms. The number of carboxylic acid groups (broad SMARTS) is 1. The summed E-state index contributed by atoms with van der Waals surface area (Å²) >= 11 is 0. The number of pyridine rings is 1. The summed E-state index contributed by atoms with van der Waals surface area (Å²) in [5.74, 6) is -0.938. The van der Waals surface area contributed by atoms with Gasteiger partial charge in [0.15, 0.2) is 0 Å². The summed E-state index contributed by atoms with van der Waals surface area (Å²) in [7, 11) is 1.49. The average molecular weight is 286 g/mol. The van der Waals surface area contributed by atoms with Gasteiger partial charge in [-0.25, -0.2) is 0 Å². The Labute approximate surface area is 123 Å². The Balaban J connectivity index is 2.30. The number of benzene rings is 1. The number of carbonyl (C=O) groups is 1. The van der Waals surface area contributed by atoms with Gasteiger partial charge in [-0.3, -0.25) is 15.1 Å². The number of ether oxygens (including phenoxy) is 1. The van der Waals surface area contributed by atoms with E-state index in [4.69, 9.17) is 4.74 Å². The lowest BCUT2D eigenvalue weighted by Gasteiger charge is -2.23. The van der Waals surface area contributed by atoms with Gasteiger partial charge in [0.1, 0.15) is 6.04 Å². The van der Waals surface area contributed by atoms with Gasteiger partial charge in [-0.15, -0.1) is 0 Å². The summed E-state index contributed by atoms with van der Waals surface area (Å²) in [6.07, 6.45) is 3.39. The van der Waals surface area contributed by atoms with Crippen LogP contribution in [0, 0.1) is 0 Å². The van der Waals surface area contributed by atoms with Gasteiger partial charge < -0.3 is 9.84 Å². The molecule has 1 heterocycles. The first-order valence-corrected chi connectivity index (χ1v) is 6.65. The maximum Gasteiger partial charge on any atom is 0.323 e. The lowest BCUT2D eigenvalue weighted by molar-refractivity contribution is -0.141. The Hall–Kier alpha value is -2.24. The number of aromatic nitrogens is 1. The standard InChI is InChI=1S/C16H18N2O3/c1-21-11-14(16(19)20)18-15(12-5-3-2-4-6-12)13-7-9-17-10-8-13/h2-10,14-15,18H,11H2,1H3,(H,19,20). The fourth-order valence-electron chi connectivity index (χ4n) is 2.14. The molecule has 0 amide bonds. The molecule has 0 aliphatic carbocycles. The van der Waals surface area contributed by atoms with Crippen LogP contribution < -0.4 is 5.32 Å². The maximum atomic E-state index is 11.3. The number of hydrogen-bond acceptors (Lipinski definition) is 4. The first kappa shape index (κ1) is 15.2. The van der Waals surface area contributed by atoms with Crippen molar-refractivity contribution in [2.24, 2.45) is 0 Å². The SMILES string of the molecule is COCC(NC(c1ccccc1)c1ccncc1)C(=O)O. The molecule has 5 nitrogen and oxygen atoms in total. The molecule has 21 heavy (non-hydrogen) atoms. The second kappa shape index (κ2) is 7.52. The van der Waals surface area contributed by atoms with Gasteiger partial charge in [0, 0.05) is 19.5 Å². The van der Waals surface area contributed by atoms with Crippen LogP contribution in [-0.2, 0) is 9.53 Å². The highest BCUT2D eigenvalue weighted by Gasteiger charge is 2.23. The van der Waals surface area contributed by atoms with E-state index in [1.165, 1.54) is 7.11 Å². The van der Waals surface area contributed by atoms with E-state index in [1.54, 1.807) is 12.4 Å². The summed E-state index contributed by atoms with van der Waals surface area (Å²) in [6.45, 7) is 0.101. The van der Waals surface area contributed by atoms with Crippen LogP contribution in [0.15, 0.2) is 54.9 Å². The first-order valence-electron chi connectivity index (χ1n) is 6.65. The van der Waals surface area contributed by atoms with E-state index in [9.17, 15) is 9.90 Å². The van der Waals surface area contributed by atoms with Crippen molar-refractivity contribution in [3.8, 4) is 0 Å². The highest BCUT2D eigenvalue weighted by molar-refractivity contribution is 5.73. The Bertz CT molecular complexity index is 521. The number of nitrogens with zero attached hydrogens (tertiary/aromatic N) is 1. The van der Waals surface area contributed by atoms with Crippen molar-refractivity contribution in [2.75, 3.05) is 13.7 Å². The summed E-state index contributed by atoms with van der Waals surface area (Å²) in [4.78, 5) is 15.3. The van der Waals surface area contributed by atoms with Gasteiger partial charge in [-0.2, -0.15) is 0 Å². The zero-order valence-electron chi connectivity index (χ0n) is 11.8.